The third-order valence-electron chi connectivity index (χ3n) is 5.02. The third kappa shape index (κ3) is 2.05. The fourth-order valence-electron chi connectivity index (χ4n) is 4.71. The van der Waals surface area contributed by atoms with Crippen LogP contribution in [0, 0.1) is 24.7 Å². The van der Waals surface area contributed by atoms with E-state index in [-0.39, 0.29) is 11.3 Å². The van der Waals surface area contributed by atoms with Crippen molar-refractivity contribution < 1.29 is 4.79 Å². The van der Waals surface area contributed by atoms with Crippen LogP contribution in [0.15, 0.2) is 0 Å². The molecule has 2 atom stereocenters. The molecule has 2 fully saturated rings. The SMILES string of the molecule is Cc1n[nH]c(C)c1C(=O)N1CC2(C)CC1CC(C)(C)C2. The molecule has 0 radical (unpaired) electrons. The van der Waals surface area contributed by atoms with E-state index in [2.05, 4.69) is 35.9 Å². The molecule has 2 heterocycles. The van der Waals surface area contributed by atoms with Crippen molar-refractivity contribution in [1.82, 2.24) is 15.1 Å². The molecular weight excluding hydrogens is 250 g/mol. The molecule has 1 aliphatic heterocycles. The van der Waals surface area contributed by atoms with E-state index in [9.17, 15) is 4.79 Å². The average Bonchev–Trinajstić information content (AvgIpc) is 2.74. The number of likely N-dealkylation sites (tertiary alicyclic amines) is 1. The fourth-order valence-corrected chi connectivity index (χ4v) is 4.71. The highest BCUT2D eigenvalue weighted by Gasteiger charge is 2.51. The normalized spacial score (nSPS) is 31.6. The van der Waals surface area contributed by atoms with Gasteiger partial charge >= 0.3 is 0 Å². The quantitative estimate of drug-likeness (QED) is 0.856. The van der Waals surface area contributed by atoms with Crippen LogP contribution in [-0.2, 0) is 0 Å². The monoisotopic (exact) mass is 275 g/mol. The molecule has 0 aromatic carbocycles. The Balaban J connectivity index is 1.91. The van der Waals surface area contributed by atoms with Crippen LogP contribution < -0.4 is 0 Å². The van der Waals surface area contributed by atoms with Crippen LogP contribution in [0.25, 0.3) is 0 Å². The van der Waals surface area contributed by atoms with Gasteiger partial charge in [-0.15, -0.1) is 0 Å². The maximum Gasteiger partial charge on any atom is 0.257 e. The molecule has 1 N–H and O–H groups in total. The molecule has 2 aliphatic rings. The molecule has 4 heteroatoms. The van der Waals surface area contributed by atoms with Gasteiger partial charge in [0.25, 0.3) is 5.91 Å². The lowest BCUT2D eigenvalue weighted by molar-refractivity contribution is 0.0707. The minimum Gasteiger partial charge on any atom is -0.335 e. The Morgan fingerprint density at radius 2 is 2.00 bits per heavy atom. The van der Waals surface area contributed by atoms with Gasteiger partial charge in [-0.05, 0) is 43.9 Å². The van der Waals surface area contributed by atoms with Crippen LogP contribution in [-0.4, -0.2) is 33.6 Å². The van der Waals surface area contributed by atoms with Crippen molar-refractivity contribution >= 4 is 5.91 Å². The number of aromatic amines is 1. The molecule has 3 rings (SSSR count). The van der Waals surface area contributed by atoms with E-state index in [1.165, 1.54) is 6.42 Å². The molecule has 2 bridgehead atoms. The molecule has 20 heavy (non-hydrogen) atoms. The topological polar surface area (TPSA) is 49.0 Å². The molecule has 4 nitrogen and oxygen atoms in total. The number of hydrogen-bond donors (Lipinski definition) is 1. The first-order valence-electron chi connectivity index (χ1n) is 7.53. The summed E-state index contributed by atoms with van der Waals surface area (Å²) in [6.45, 7) is 11.7. The molecule has 1 saturated carbocycles. The number of nitrogens with one attached hydrogen (secondary N) is 1. The van der Waals surface area contributed by atoms with Crippen LogP contribution in [0.3, 0.4) is 0 Å². The summed E-state index contributed by atoms with van der Waals surface area (Å²) in [4.78, 5) is 15.0. The number of rotatable bonds is 1. The Morgan fingerprint density at radius 1 is 1.30 bits per heavy atom. The standard InChI is InChI=1S/C16H25N3O/c1-10-13(11(2)18-17-10)14(20)19-9-16(5)7-12(19)6-15(3,4)8-16/h12H,6-9H2,1-5H3,(H,17,18). The maximum atomic E-state index is 12.9. The molecule has 1 saturated heterocycles. The Morgan fingerprint density at radius 3 is 2.60 bits per heavy atom. The molecule has 0 spiro atoms. The predicted octanol–water partition coefficient (Wildman–Crippen LogP) is 3.07. The van der Waals surface area contributed by atoms with Gasteiger partial charge in [-0.2, -0.15) is 5.10 Å². The second-order valence-electron chi connectivity index (χ2n) is 7.96. The second kappa shape index (κ2) is 4.09. The second-order valence-corrected chi connectivity index (χ2v) is 7.96. The van der Waals surface area contributed by atoms with E-state index in [1.54, 1.807) is 0 Å². The first-order valence-corrected chi connectivity index (χ1v) is 7.53. The summed E-state index contributed by atoms with van der Waals surface area (Å²) in [6.07, 6.45) is 3.48. The number of fused-ring (bicyclic) bond motifs is 2. The summed E-state index contributed by atoms with van der Waals surface area (Å²) >= 11 is 0. The number of nitrogens with zero attached hydrogens (tertiary/aromatic N) is 2. The first-order chi connectivity index (χ1) is 9.21. The Labute approximate surface area is 120 Å². The number of carbonyl (C=O) groups excluding carboxylic acids is 1. The number of carbonyl (C=O) groups is 1. The van der Waals surface area contributed by atoms with Gasteiger partial charge in [0.1, 0.15) is 0 Å². The van der Waals surface area contributed by atoms with E-state index in [1.807, 2.05) is 13.8 Å². The van der Waals surface area contributed by atoms with Crippen molar-refractivity contribution in [3.8, 4) is 0 Å². The lowest BCUT2D eigenvalue weighted by atomic mass is 9.65. The first kappa shape index (κ1) is 13.7. The summed E-state index contributed by atoms with van der Waals surface area (Å²) in [5.74, 6) is 0.167. The lowest BCUT2D eigenvalue weighted by Crippen LogP contribution is -2.38. The van der Waals surface area contributed by atoms with Gasteiger partial charge in [0, 0.05) is 18.3 Å². The highest BCUT2D eigenvalue weighted by Crippen LogP contribution is 2.52. The molecule has 2 unspecified atom stereocenters. The van der Waals surface area contributed by atoms with Gasteiger partial charge in [-0.1, -0.05) is 20.8 Å². The maximum absolute atomic E-state index is 12.9. The zero-order valence-corrected chi connectivity index (χ0v) is 13.2. The van der Waals surface area contributed by atoms with Crippen LogP contribution in [0.5, 0.6) is 0 Å². The van der Waals surface area contributed by atoms with Crippen molar-refractivity contribution in [1.29, 1.82) is 0 Å². The van der Waals surface area contributed by atoms with Crippen LogP contribution in [0.4, 0.5) is 0 Å². The number of H-pyrrole nitrogens is 1. The van der Waals surface area contributed by atoms with E-state index in [4.69, 9.17) is 0 Å². The highest BCUT2D eigenvalue weighted by molar-refractivity contribution is 5.96. The van der Waals surface area contributed by atoms with E-state index in [0.717, 1.165) is 36.3 Å². The predicted molar refractivity (Wildman–Crippen MR) is 78.6 cm³/mol. The van der Waals surface area contributed by atoms with Crippen molar-refractivity contribution in [3.63, 3.8) is 0 Å². The van der Waals surface area contributed by atoms with Crippen LogP contribution >= 0.6 is 0 Å². The van der Waals surface area contributed by atoms with Gasteiger partial charge in [-0.25, -0.2) is 0 Å². The van der Waals surface area contributed by atoms with Gasteiger partial charge in [0.2, 0.25) is 0 Å². The third-order valence-corrected chi connectivity index (χ3v) is 5.02. The zero-order valence-electron chi connectivity index (χ0n) is 13.2. The average molecular weight is 275 g/mol. The van der Waals surface area contributed by atoms with E-state index < -0.39 is 0 Å². The summed E-state index contributed by atoms with van der Waals surface area (Å²) in [5, 5.41) is 7.10. The van der Waals surface area contributed by atoms with Gasteiger partial charge in [0.05, 0.1) is 11.3 Å². The number of amides is 1. The minimum absolute atomic E-state index is 0.167. The van der Waals surface area contributed by atoms with Gasteiger partial charge in [0.15, 0.2) is 0 Å². The fraction of sp³-hybridized carbons (Fsp3) is 0.750. The molecule has 1 aromatic heterocycles. The summed E-state index contributed by atoms with van der Waals surface area (Å²) in [5.41, 5.74) is 3.11. The van der Waals surface area contributed by atoms with Gasteiger partial charge in [-0.3, -0.25) is 9.89 Å². The zero-order chi connectivity index (χ0) is 14.7. The summed E-state index contributed by atoms with van der Waals surface area (Å²) in [7, 11) is 0. The van der Waals surface area contributed by atoms with Crippen molar-refractivity contribution in [2.45, 2.75) is 59.9 Å². The molecule has 110 valence electrons. The Bertz CT molecular complexity index is 541. The van der Waals surface area contributed by atoms with Crippen molar-refractivity contribution in [2.24, 2.45) is 10.8 Å². The largest absolute Gasteiger partial charge is 0.335 e. The Kier molecular flexibility index (Phi) is 2.79. The summed E-state index contributed by atoms with van der Waals surface area (Å²) in [6, 6.07) is 0.393. The molecule has 1 amide bonds. The molecule has 1 aliphatic carbocycles. The smallest absolute Gasteiger partial charge is 0.257 e. The molecular formula is C16H25N3O. The van der Waals surface area contributed by atoms with Crippen LogP contribution in [0.1, 0.15) is 61.8 Å². The van der Waals surface area contributed by atoms with E-state index in [0.29, 0.717) is 11.5 Å². The van der Waals surface area contributed by atoms with Crippen LogP contribution in [0.2, 0.25) is 0 Å². The highest BCUT2D eigenvalue weighted by atomic mass is 16.2. The molecule has 1 aromatic rings. The summed E-state index contributed by atoms with van der Waals surface area (Å²) < 4.78 is 0. The van der Waals surface area contributed by atoms with Crippen molar-refractivity contribution in [3.05, 3.63) is 17.0 Å². The van der Waals surface area contributed by atoms with E-state index >= 15 is 0 Å². The number of hydrogen-bond acceptors (Lipinski definition) is 2. The Hall–Kier alpha value is -1.32. The van der Waals surface area contributed by atoms with Crippen molar-refractivity contribution in [2.75, 3.05) is 6.54 Å². The van der Waals surface area contributed by atoms with Gasteiger partial charge < -0.3 is 4.90 Å². The number of aryl methyl sites for hydroxylation is 2. The lowest BCUT2D eigenvalue weighted by Gasteiger charge is -2.39. The number of aromatic nitrogens is 2. The minimum atomic E-state index is 0.167.